The van der Waals surface area contributed by atoms with E-state index < -0.39 is 5.41 Å². The van der Waals surface area contributed by atoms with E-state index in [0.717, 1.165) is 37.7 Å². The van der Waals surface area contributed by atoms with E-state index in [1.54, 1.807) is 0 Å². The SMILES string of the molecule is Cc1cccc(CNC(=O)C2(C(N)=S)CCCCC2)c1. The molecule has 0 unspecified atom stereocenters. The third-order valence-corrected chi connectivity index (χ3v) is 4.54. The fourth-order valence-corrected chi connectivity index (χ4v) is 3.21. The summed E-state index contributed by atoms with van der Waals surface area (Å²) in [5.74, 6) is -0.00814. The standard InChI is InChI=1S/C16H22N2OS/c1-12-6-5-7-13(10-12)11-18-15(19)16(14(17)20)8-3-2-4-9-16/h5-7,10H,2-4,8-9,11H2,1H3,(H2,17,20)(H,18,19). The number of rotatable bonds is 4. The Morgan fingerprint density at radius 3 is 2.65 bits per heavy atom. The van der Waals surface area contributed by atoms with Gasteiger partial charge in [0, 0.05) is 6.54 Å². The molecular formula is C16H22N2OS. The molecule has 20 heavy (non-hydrogen) atoms. The van der Waals surface area contributed by atoms with Gasteiger partial charge in [0.05, 0.1) is 10.4 Å². The third-order valence-electron chi connectivity index (χ3n) is 4.15. The van der Waals surface area contributed by atoms with Crippen LogP contribution in [0, 0.1) is 12.3 Å². The summed E-state index contributed by atoms with van der Waals surface area (Å²) >= 11 is 5.17. The summed E-state index contributed by atoms with van der Waals surface area (Å²) in [6, 6.07) is 8.14. The van der Waals surface area contributed by atoms with Gasteiger partial charge in [0.2, 0.25) is 5.91 Å². The molecule has 2 rings (SSSR count). The Balaban J connectivity index is 2.04. The van der Waals surface area contributed by atoms with Gasteiger partial charge in [-0.05, 0) is 25.3 Å². The van der Waals surface area contributed by atoms with Crippen molar-refractivity contribution in [3.05, 3.63) is 35.4 Å². The highest BCUT2D eigenvalue weighted by molar-refractivity contribution is 7.80. The van der Waals surface area contributed by atoms with Gasteiger partial charge in [0.1, 0.15) is 0 Å². The van der Waals surface area contributed by atoms with Gasteiger partial charge >= 0.3 is 0 Å². The van der Waals surface area contributed by atoms with Crippen molar-refractivity contribution in [1.82, 2.24) is 5.32 Å². The van der Waals surface area contributed by atoms with Crippen LogP contribution in [0.15, 0.2) is 24.3 Å². The van der Waals surface area contributed by atoms with E-state index in [9.17, 15) is 4.79 Å². The maximum atomic E-state index is 12.5. The summed E-state index contributed by atoms with van der Waals surface area (Å²) in [5.41, 5.74) is 7.54. The van der Waals surface area contributed by atoms with Gasteiger partial charge in [-0.2, -0.15) is 0 Å². The molecule has 1 aliphatic rings. The van der Waals surface area contributed by atoms with Gasteiger partial charge in [-0.3, -0.25) is 4.79 Å². The van der Waals surface area contributed by atoms with Gasteiger partial charge in [-0.1, -0.05) is 61.3 Å². The van der Waals surface area contributed by atoms with Crippen molar-refractivity contribution in [3.8, 4) is 0 Å². The van der Waals surface area contributed by atoms with E-state index in [-0.39, 0.29) is 5.91 Å². The molecule has 1 aromatic rings. The number of nitrogens with two attached hydrogens (primary N) is 1. The quantitative estimate of drug-likeness (QED) is 0.838. The van der Waals surface area contributed by atoms with Gasteiger partial charge in [-0.15, -0.1) is 0 Å². The summed E-state index contributed by atoms with van der Waals surface area (Å²) in [5, 5.41) is 3.01. The van der Waals surface area contributed by atoms with Gasteiger partial charge in [0.15, 0.2) is 0 Å². The van der Waals surface area contributed by atoms with Crippen LogP contribution in [0.1, 0.15) is 43.2 Å². The average Bonchev–Trinajstić information content (AvgIpc) is 2.45. The zero-order valence-corrected chi connectivity index (χ0v) is 12.8. The second-order valence-corrected chi connectivity index (χ2v) is 6.12. The number of hydrogen-bond acceptors (Lipinski definition) is 2. The van der Waals surface area contributed by atoms with Crippen molar-refractivity contribution >= 4 is 23.1 Å². The number of thiocarbonyl (C=S) groups is 1. The number of benzene rings is 1. The zero-order valence-electron chi connectivity index (χ0n) is 11.9. The number of nitrogens with one attached hydrogen (secondary N) is 1. The molecule has 0 bridgehead atoms. The monoisotopic (exact) mass is 290 g/mol. The first kappa shape index (κ1) is 15.0. The first-order valence-corrected chi connectivity index (χ1v) is 7.59. The smallest absolute Gasteiger partial charge is 0.233 e. The Bertz CT molecular complexity index is 507. The molecule has 4 heteroatoms. The molecule has 1 fully saturated rings. The molecule has 0 atom stereocenters. The van der Waals surface area contributed by atoms with Crippen molar-refractivity contribution in [2.45, 2.75) is 45.6 Å². The molecule has 0 radical (unpaired) electrons. The predicted octanol–water partition coefficient (Wildman–Crippen LogP) is 2.85. The topological polar surface area (TPSA) is 55.1 Å². The molecule has 0 aromatic heterocycles. The second-order valence-electron chi connectivity index (χ2n) is 5.68. The number of aryl methyl sites for hydroxylation is 1. The number of amides is 1. The normalized spacial score (nSPS) is 17.4. The van der Waals surface area contributed by atoms with Crippen LogP contribution >= 0.6 is 12.2 Å². The van der Waals surface area contributed by atoms with E-state index in [2.05, 4.69) is 11.4 Å². The molecule has 0 aliphatic heterocycles. The van der Waals surface area contributed by atoms with Crippen LogP contribution in [0.4, 0.5) is 0 Å². The Morgan fingerprint density at radius 2 is 2.05 bits per heavy atom. The molecule has 3 nitrogen and oxygen atoms in total. The summed E-state index contributed by atoms with van der Waals surface area (Å²) < 4.78 is 0. The summed E-state index contributed by atoms with van der Waals surface area (Å²) in [6.45, 7) is 2.58. The van der Waals surface area contributed by atoms with Crippen LogP contribution in [0.3, 0.4) is 0 Å². The molecule has 108 valence electrons. The Morgan fingerprint density at radius 1 is 1.35 bits per heavy atom. The minimum absolute atomic E-state index is 0.00814. The average molecular weight is 290 g/mol. The lowest BCUT2D eigenvalue weighted by Crippen LogP contribution is -2.49. The third kappa shape index (κ3) is 3.18. The maximum Gasteiger partial charge on any atom is 0.233 e. The first-order valence-electron chi connectivity index (χ1n) is 7.18. The van der Waals surface area contributed by atoms with Crippen LogP contribution in [-0.2, 0) is 11.3 Å². The van der Waals surface area contributed by atoms with Crippen LogP contribution in [0.5, 0.6) is 0 Å². The lowest BCUT2D eigenvalue weighted by atomic mass is 9.73. The molecule has 0 saturated heterocycles. The first-order chi connectivity index (χ1) is 9.54. The minimum Gasteiger partial charge on any atom is -0.392 e. The van der Waals surface area contributed by atoms with Gasteiger partial charge < -0.3 is 11.1 Å². The van der Waals surface area contributed by atoms with E-state index in [1.165, 1.54) is 5.56 Å². The fraction of sp³-hybridized carbons (Fsp3) is 0.500. The largest absolute Gasteiger partial charge is 0.392 e. The second kappa shape index (κ2) is 6.35. The van der Waals surface area contributed by atoms with E-state index in [1.807, 2.05) is 25.1 Å². The molecule has 1 amide bonds. The molecule has 0 spiro atoms. The Labute approximate surface area is 125 Å². The van der Waals surface area contributed by atoms with Crippen LogP contribution in [-0.4, -0.2) is 10.9 Å². The summed E-state index contributed by atoms with van der Waals surface area (Å²) in [6.07, 6.45) is 4.77. The van der Waals surface area contributed by atoms with E-state index >= 15 is 0 Å². The zero-order chi connectivity index (χ0) is 14.6. The van der Waals surface area contributed by atoms with Crippen molar-refractivity contribution in [3.63, 3.8) is 0 Å². The highest BCUT2D eigenvalue weighted by Gasteiger charge is 2.42. The van der Waals surface area contributed by atoms with Gasteiger partial charge in [-0.25, -0.2) is 0 Å². The van der Waals surface area contributed by atoms with Crippen molar-refractivity contribution in [2.24, 2.45) is 11.1 Å². The van der Waals surface area contributed by atoms with Gasteiger partial charge in [0.25, 0.3) is 0 Å². The number of hydrogen-bond donors (Lipinski definition) is 2. The molecule has 0 heterocycles. The molecule has 1 aliphatic carbocycles. The lowest BCUT2D eigenvalue weighted by molar-refractivity contribution is -0.129. The molecule has 1 saturated carbocycles. The van der Waals surface area contributed by atoms with Crippen molar-refractivity contribution in [2.75, 3.05) is 0 Å². The molecule has 1 aromatic carbocycles. The Hall–Kier alpha value is -1.42. The van der Waals surface area contributed by atoms with Crippen molar-refractivity contribution < 1.29 is 4.79 Å². The fourth-order valence-electron chi connectivity index (χ4n) is 2.91. The van der Waals surface area contributed by atoms with E-state index in [0.29, 0.717) is 11.5 Å². The summed E-state index contributed by atoms with van der Waals surface area (Å²) in [7, 11) is 0. The summed E-state index contributed by atoms with van der Waals surface area (Å²) in [4.78, 5) is 12.9. The predicted molar refractivity (Wildman–Crippen MR) is 85.3 cm³/mol. The molecule has 3 N–H and O–H groups in total. The van der Waals surface area contributed by atoms with Crippen molar-refractivity contribution in [1.29, 1.82) is 0 Å². The minimum atomic E-state index is -0.628. The maximum absolute atomic E-state index is 12.5. The van der Waals surface area contributed by atoms with Crippen LogP contribution in [0.2, 0.25) is 0 Å². The van der Waals surface area contributed by atoms with Crippen LogP contribution in [0.25, 0.3) is 0 Å². The van der Waals surface area contributed by atoms with Crippen LogP contribution < -0.4 is 11.1 Å². The Kier molecular flexibility index (Phi) is 4.76. The number of carbonyl (C=O) groups excluding carboxylic acids is 1. The highest BCUT2D eigenvalue weighted by Crippen LogP contribution is 2.37. The highest BCUT2D eigenvalue weighted by atomic mass is 32.1. The van der Waals surface area contributed by atoms with E-state index in [4.69, 9.17) is 18.0 Å². The molecular weight excluding hydrogens is 268 g/mol. The lowest BCUT2D eigenvalue weighted by Gasteiger charge is -2.34. The number of carbonyl (C=O) groups is 1.